The van der Waals surface area contributed by atoms with Gasteiger partial charge in [0.15, 0.2) is 0 Å². The molecule has 0 aliphatic rings. The van der Waals surface area contributed by atoms with Gasteiger partial charge >= 0.3 is 0 Å². The van der Waals surface area contributed by atoms with Gasteiger partial charge in [0.1, 0.15) is 5.69 Å². The number of likely N-dealkylation sites (N-methyl/N-ethyl adjacent to an activating group) is 1. The molecule has 2 amide bonds. The number of H-pyrrole nitrogens is 1. The van der Waals surface area contributed by atoms with Crippen molar-refractivity contribution in [2.45, 2.75) is 0 Å². The van der Waals surface area contributed by atoms with Crippen LogP contribution in [0.25, 0.3) is 0 Å². The molecule has 1 aromatic heterocycles. The van der Waals surface area contributed by atoms with Crippen LogP contribution in [0.4, 0.5) is 0 Å². The molecule has 0 aromatic carbocycles. The lowest BCUT2D eigenvalue weighted by Gasteiger charge is -2.03. The molecule has 0 unspecified atom stereocenters. The van der Waals surface area contributed by atoms with E-state index in [4.69, 9.17) is 0 Å². The molecule has 3 N–H and O–H groups in total. The fourth-order valence-electron chi connectivity index (χ4n) is 0.924. The first kappa shape index (κ1) is 11.0. The quantitative estimate of drug-likeness (QED) is 0.587. The standard InChI is InChI=1S/C9H11N3O3/c1-10-8(14)5-11-9(15)6-3-2-4-7(13)12-6/h2-4H,5H2,1H3,(H,10,14)(H,11,15)(H,12,13). The summed E-state index contributed by atoms with van der Waals surface area (Å²) in [6.07, 6.45) is 0. The van der Waals surface area contributed by atoms with E-state index in [1.165, 1.54) is 25.2 Å². The van der Waals surface area contributed by atoms with Crippen molar-refractivity contribution in [3.63, 3.8) is 0 Å². The van der Waals surface area contributed by atoms with Gasteiger partial charge in [-0.15, -0.1) is 0 Å². The molecular formula is C9H11N3O3. The molecule has 15 heavy (non-hydrogen) atoms. The Hall–Kier alpha value is -2.11. The Balaban J connectivity index is 2.62. The lowest BCUT2D eigenvalue weighted by molar-refractivity contribution is -0.119. The van der Waals surface area contributed by atoms with Gasteiger partial charge in [-0.2, -0.15) is 0 Å². The average Bonchev–Trinajstić information content (AvgIpc) is 2.25. The number of hydrogen-bond acceptors (Lipinski definition) is 3. The number of hydrogen-bond donors (Lipinski definition) is 3. The molecule has 0 spiro atoms. The Morgan fingerprint density at radius 2 is 2.13 bits per heavy atom. The smallest absolute Gasteiger partial charge is 0.268 e. The van der Waals surface area contributed by atoms with E-state index >= 15 is 0 Å². The summed E-state index contributed by atoms with van der Waals surface area (Å²) < 4.78 is 0. The Morgan fingerprint density at radius 1 is 1.40 bits per heavy atom. The van der Waals surface area contributed by atoms with Crippen LogP contribution in [-0.4, -0.2) is 30.4 Å². The third-order valence-electron chi connectivity index (χ3n) is 1.70. The van der Waals surface area contributed by atoms with E-state index < -0.39 is 5.91 Å². The molecule has 0 saturated heterocycles. The molecule has 0 aliphatic heterocycles. The van der Waals surface area contributed by atoms with Crippen LogP contribution in [0.3, 0.4) is 0 Å². The number of amides is 2. The Kier molecular flexibility index (Phi) is 3.61. The van der Waals surface area contributed by atoms with Crippen LogP contribution in [0.15, 0.2) is 23.0 Å². The summed E-state index contributed by atoms with van der Waals surface area (Å²) in [7, 11) is 1.47. The fraction of sp³-hybridized carbons (Fsp3) is 0.222. The Morgan fingerprint density at radius 3 is 2.73 bits per heavy atom. The fourth-order valence-corrected chi connectivity index (χ4v) is 0.924. The zero-order chi connectivity index (χ0) is 11.3. The summed E-state index contributed by atoms with van der Waals surface area (Å²) >= 11 is 0. The van der Waals surface area contributed by atoms with Gasteiger partial charge in [0.2, 0.25) is 11.5 Å². The SMILES string of the molecule is CNC(=O)CNC(=O)c1cccc(=O)[nH]1. The van der Waals surface area contributed by atoms with Crippen molar-refractivity contribution in [1.82, 2.24) is 15.6 Å². The molecule has 6 nitrogen and oxygen atoms in total. The van der Waals surface area contributed by atoms with E-state index in [9.17, 15) is 14.4 Å². The van der Waals surface area contributed by atoms with Crippen LogP contribution in [0, 0.1) is 0 Å². The van der Waals surface area contributed by atoms with Crippen molar-refractivity contribution in [2.24, 2.45) is 0 Å². The molecule has 1 heterocycles. The summed E-state index contributed by atoms with van der Waals surface area (Å²) in [5, 5.41) is 4.71. The number of rotatable bonds is 3. The Labute approximate surface area is 85.7 Å². The van der Waals surface area contributed by atoms with Gasteiger partial charge in [0, 0.05) is 13.1 Å². The number of pyridine rings is 1. The molecule has 1 aromatic rings. The normalized spacial score (nSPS) is 9.40. The van der Waals surface area contributed by atoms with Crippen molar-refractivity contribution < 1.29 is 9.59 Å². The zero-order valence-electron chi connectivity index (χ0n) is 8.16. The molecule has 80 valence electrons. The van der Waals surface area contributed by atoms with E-state index in [2.05, 4.69) is 15.6 Å². The molecule has 0 saturated carbocycles. The zero-order valence-corrected chi connectivity index (χ0v) is 8.16. The van der Waals surface area contributed by atoms with Crippen molar-refractivity contribution in [3.8, 4) is 0 Å². The number of carbonyl (C=O) groups is 2. The van der Waals surface area contributed by atoms with Gasteiger partial charge in [0.25, 0.3) is 5.91 Å². The molecule has 0 aliphatic carbocycles. The van der Waals surface area contributed by atoms with Crippen LogP contribution >= 0.6 is 0 Å². The van der Waals surface area contributed by atoms with Gasteiger partial charge in [-0.25, -0.2) is 0 Å². The van der Waals surface area contributed by atoms with Crippen LogP contribution in [0.1, 0.15) is 10.5 Å². The predicted molar refractivity (Wildman–Crippen MR) is 53.5 cm³/mol. The van der Waals surface area contributed by atoms with E-state index in [1.807, 2.05) is 0 Å². The first-order valence-corrected chi connectivity index (χ1v) is 4.31. The second kappa shape index (κ2) is 4.94. The van der Waals surface area contributed by atoms with Crippen molar-refractivity contribution in [3.05, 3.63) is 34.2 Å². The molecule has 1 rings (SSSR count). The summed E-state index contributed by atoms with van der Waals surface area (Å²) in [6.45, 7) is -0.119. The van der Waals surface area contributed by atoms with Gasteiger partial charge in [-0.05, 0) is 6.07 Å². The topological polar surface area (TPSA) is 91.1 Å². The Bertz CT molecular complexity index is 425. The maximum absolute atomic E-state index is 11.4. The van der Waals surface area contributed by atoms with Crippen LogP contribution in [0.2, 0.25) is 0 Å². The lowest BCUT2D eigenvalue weighted by atomic mass is 10.3. The maximum Gasteiger partial charge on any atom is 0.268 e. The molecule has 0 atom stereocenters. The highest BCUT2D eigenvalue weighted by Crippen LogP contribution is 1.88. The first-order chi connectivity index (χ1) is 7.13. The van der Waals surface area contributed by atoms with Crippen molar-refractivity contribution >= 4 is 11.8 Å². The minimum absolute atomic E-state index is 0.119. The van der Waals surface area contributed by atoms with Gasteiger partial charge in [-0.1, -0.05) is 6.07 Å². The molecule has 0 bridgehead atoms. The van der Waals surface area contributed by atoms with E-state index in [1.54, 1.807) is 0 Å². The largest absolute Gasteiger partial charge is 0.358 e. The molecule has 0 fully saturated rings. The van der Waals surface area contributed by atoms with Crippen molar-refractivity contribution in [1.29, 1.82) is 0 Å². The highest BCUT2D eigenvalue weighted by Gasteiger charge is 2.06. The number of nitrogens with one attached hydrogen (secondary N) is 3. The van der Waals surface area contributed by atoms with Gasteiger partial charge < -0.3 is 15.6 Å². The molecular weight excluding hydrogens is 198 g/mol. The summed E-state index contributed by atoms with van der Waals surface area (Å²) in [5.41, 5.74) is -0.228. The third-order valence-corrected chi connectivity index (χ3v) is 1.70. The number of aromatic nitrogens is 1. The van der Waals surface area contributed by atoms with Gasteiger partial charge in [0.05, 0.1) is 6.54 Å². The highest BCUT2D eigenvalue weighted by atomic mass is 16.2. The van der Waals surface area contributed by atoms with Crippen LogP contribution in [0.5, 0.6) is 0 Å². The average molecular weight is 209 g/mol. The third kappa shape index (κ3) is 3.26. The van der Waals surface area contributed by atoms with E-state index in [-0.39, 0.29) is 23.7 Å². The minimum Gasteiger partial charge on any atom is -0.358 e. The van der Waals surface area contributed by atoms with E-state index in [0.29, 0.717) is 0 Å². The lowest BCUT2D eigenvalue weighted by Crippen LogP contribution is -2.35. The maximum atomic E-state index is 11.4. The number of carbonyl (C=O) groups excluding carboxylic acids is 2. The molecule has 0 radical (unpaired) electrons. The second-order valence-electron chi connectivity index (χ2n) is 2.78. The second-order valence-corrected chi connectivity index (χ2v) is 2.78. The van der Waals surface area contributed by atoms with Gasteiger partial charge in [-0.3, -0.25) is 14.4 Å². The summed E-state index contributed by atoms with van der Waals surface area (Å²) in [4.78, 5) is 35.4. The number of aromatic amines is 1. The van der Waals surface area contributed by atoms with Crippen molar-refractivity contribution in [2.75, 3.05) is 13.6 Å². The van der Waals surface area contributed by atoms with E-state index in [0.717, 1.165) is 0 Å². The monoisotopic (exact) mass is 209 g/mol. The summed E-state index contributed by atoms with van der Waals surface area (Å²) in [5.74, 6) is -0.794. The minimum atomic E-state index is -0.490. The highest BCUT2D eigenvalue weighted by molar-refractivity contribution is 5.94. The first-order valence-electron chi connectivity index (χ1n) is 4.31. The summed E-state index contributed by atoms with van der Waals surface area (Å²) in [6, 6.07) is 4.23. The predicted octanol–water partition coefficient (Wildman–Crippen LogP) is -1.15. The van der Waals surface area contributed by atoms with Crippen LogP contribution < -0.4 is 16.2 Å². The molecule has 6 heteroatoms. The van der Waals surface area contributed by atoms with Crippen LogP contribution in [-0.2, 0) is 4.79 Å².